The summed E-state index contributed by atoms with van der Waals surface area (Å²) in [5, 5.41) is 4.36. The second-order valence-corrected chi connectivity index (χ2v) is 7.44. The van der Waals surface area contributed by atoms with Crippen molar-refractivity contribution in [2.45, 2.75) is 39.7 Å². The quantitative estimate of drug-likeness (QED) is 0.896. The van der Waals surface area contributed by atoms with Gasteiger partial charge in [0.1, 0.15) is 0 Å². The van der Waals surface area contributed by atoms with Crippen molar-refractivity contribution in [1.82, 2.24) is 15.2 Å². The summed E-state index contributed by atoms with van der Waals surface area (Å²) < 4.78 is 0. The van der Waals surface area contributed by atoms with E-state index in [9.17, 15) is 4.79 Å². The lowest BCUT2D eigenvalue weighted by molar-refractivity contribution is -0.119. The van der Waals surface area contributed by atoms with Gasteiger partial charge in [0.15, 0.2) is 0 Å². The van der Waals surface area contributed by atoms with Gasteiger partial charge in [-0.25, -0.2) is 0 Å². The number of para-hydroxylation sites is 1. The summed E-state index contributed by atoms with van der Waals surface area (Å²) in [7, 11) is 0. The normalized spacial score (nSPS) is 21.2. The number of nitrogens with one attached hydrogen (secondary N) is 2. The van der Waals surface area contributed by atoms with Crippen molar-refractivity contribution < 1.29 is 4.79 Å². The number of hydrogen-bond acceptors (Lipinski definition) is 2. The molecule has 0 bridgehead atoms. The maximum Gasteiger partial charge on any atom is 0.220 e. The minimum absolute atomic E-state index is 0.235. The number of piperidine rings is 1. The van der Waals surface area contributed by atoms with Gasteiger partial charge in [0, 0.05) is 30.6 Å². The van der Waals surface area contributed by atoms with Gasteiger partial charge in [0.2, 0.25) is 5.91 Å². The molecule has 1 aromatic heterocycles. The Morgan fingerprint density at radius 1 is 1.22 bits per heavy atom. The van der Waals surface area contributed by atoms with E-state index >= 15 is 0 Å². The number of aromatic nitrogens is 1. The molecular weight excluding hydrogens is 286 g/mol. The molecule has 1 aromatic carbocycles. The standard InChI is InChI=1S/C19H25N3O/c1-13-14(2)21-18-15(4-3-5-16(13)18)11-22-8-6-19(7-9-22)10-17(23)20-12-19/h3-5,21H,6-12H2,1-2H3,(H,20,23). The van der Waals surface area contributed by atoms with Gasteiger partial charge in [0.25, 0.3) is 0 Å². The van der Waals surface area contributed by atoms with Crippen LogP contribution in [0.15, 0.2) is 18.2 Å². The fourth-order valence-corrected chi connectivity index (χ4v) is 4.21. The van der Waals surface area contributed by atoms with Gasteiger partial charge in [-0.1, -0.05) is 18.2 Å². The van der Waals surface area contributed by atoms with Crippen molar-refractivity contribution in [2.24, 2.45) is 5.41 Å². The van der Waals surface area contributed by atoms with Gasteiger partial charge in [-0.15, -0.1) is 0 Å². The molecule has 0 atom stereocenters. The van der Waals surface area contributed by atoms with Crippen LogP contribution in [0.2, 0.25) is 0 Å². The van der Waals surface area contributed by atoms with Gasteiger partial charge in [-0.05, 0) is 56.3 Å². The summed E-state index contributed by atoms with van der Waals surface area (Å²) in [6, 6.07) is 6.62. The first-order chi connectivity index (χ1) is 11.1. The molecule has 2 fully saturated rings. The molecule has 2 aliphatic heterocycles. The first-order valence-electron chi connectivity index (χ1n) is 8.62. The molecule has 4 rings (SSSR count). The Kier molecular flexibility index (Phi) is 3.45. The lowest BCUT2D eigenvalue weighted by atomic mass is 9.77. The van der Waals surface area contributed by atoms with Gasteiger partial charge < -0.3 is 10.3 Å². The molecule has 4 heteroatoms. The third-order valence-electron chi connectivity index (χ3n) is 5.94. The third-order valence-corrected chi connectivity index (χ3v) is 5.94. The molecule has 2 aromatic rings. The van der Waals surface area contributed by atoms with Crippen LogP contribution in [0.4, 0.5) is 0 Å². The number of rotatable bonds is 2. The first kappa shape index (κ1) is 14.8. The molecule has 4 nitrogen and oxygen atoms in total. The number of likely N-dealkylation sites (tertiary alicyclic amines) is 1. The van der Waals surface area contributed by atoms with Crippen molar-refractivity contribution in [3.05, 3.63) is 35.0 Å². The predicted molar refractivity (Wildman–Crippen MR) is 92.3 cm³/mol. The average Bonchev–Trinajstić information content (AvgIpc) is 3.05. The Morgan fingerprint density at radius 3 is 2.70 bits per heavy atom. The summed E-state index contributed by atoms with van der Waals surface area (Å²) in [6.45, 7) is 8.38. The highest BCUT2D eigenvalue weighted by Gasteiger charge is 2.40. The maximum atomic E-state index is 11.5. The Labute approximate surface area is 137 Å². The van der Waals surface area contributed by atoms with E-state index in [1.165, 1.54) is 27.7 Å². The number of hydrogen-bond donors (Lipinski definition) is 2. The number of aryl methyl sites for hydroxylation is 2. The second-order valence-electron chi connectivity index (χ2n) is 7.44. The second kappa shape index (κ2) is 5.38. The van der Waals surface area contributed by atoms with E-state index in [0.29, 0.717) is 0 Å². The Bertz CT molecular complexity index is 753. The number of carbonyl (C=O) groups excluding carboxylic acids is 1. The molecule has 0 radical (unpaired) electrons. The van der Waals surface area contributed by atoms with Crippen molar-refractivity contribution in [1.29, 1.82) is 0 Å². The molecule has 1 amide bonds. The molecule has 3 heterocycles. The van der Waals surface area contributed by atoms with Crippen molar-refractivity contribution in [3.63, 3.8) is 0 Å². The zero-order valence-electron chi connectivity index (χ0n) is 14.0. The van der Waals surface area contributed by atoms with E-state index < -0.39 is 0 Å². The highest BCUT2D eigenvalue weighted by Crippen LogP contribution is 2.38. The van der Waals surface area contributed by atoms with Gasteiger partial charge >= 0.3 is 0 Å². The number of amides is 1. The highest BCUT2D eigenvalue weighted by molar-refractivity contribution is 5.87. The molecule has 2 N–H and O–H groups in total. The fraction of sp³-hybridized carbons (Fsp3) is 0.526. The van der Waals surface area contributed by atoms with Gasteiger partial charge in [-0.3, -0.25) is 9.69 Å². The molecule has 23 heavy (non-hydrogen) atoms. The van der Waals surface area contributed by atoms with Crippen LogP contribution < -0.4 is 5.32 Å². The zero-order valence-corrected chi connectivity index (χ0v) is 14.0. The molecule has 2 aliphatic rings. The SMILES string of the molecule is Cc1[nH]c2c(CN3CCC4(CC3)CNC(=O)C4)cccc2c1C. The number of benzene rings is 1. The number of nitrogens with zero attached hydrogens (tertiary/aromatic N) is 1. The topological polar surface area (TPSA) is 48.1 Å². The largest absolute Gasteiger partial charge is 0.358 e. The summed E-state index contributed by atoms with van der Waals surface area (Å²) >= 11 is 0. The summed E-state index contributed by atoms with van der Waals surface area (Å²) in [4.78, 5) is 17.6. The molecule has 2 saturated heterocycles. The fourth-order valence-electron chi connectivity index (χ4n) is 4.21. The van der Waals surface area contributed by atoms with E-state index in [2.05, 4.69) is 47.2 Å². The van der Waals surface area contributed by atoms with Crippen LogP contribution in [-0.4, -0.2) is 35.4 Å². The van der Waals surface area contributed by atoms with Crippen LogP contribution in [-0.2, 0) is 11.3 Å². The van der Waals surface area contributed by atoms with Gasteiger partial charge in [0.05, 0.1) is 5.52 Å². The smallest absolute Gasteiger partial charge is 0.220 e. The van der Waals surface area contributed by atoms with E-state index in [1.807, 2.05) is 0 Å². The Balaban J connectivity index is 1.50. The zero-order chi connectivity index (χ0) is 16.0. The van der Waals surface area contributed by atoms with Crippen molar-refractivity contribution in [3.8, 4) is 0 Å². The lowest BCUT2D eigenvalue weighted by Crippen LogP contribution is -2.40. The average molecular weight is 311 g/mol. The van der Waals surface area contributed by atoms with Crippen molar-refractivity contribution >= 4 is 16.8 Å². The van der Waals surface area contributed by atoms with E-state index in [4.69, 9.17) is 0 Å². The van der Waals surface area contributed by atoms with Crippen LogP contribution in [0, 0.1) is 19.3 Å². The summed E-state index contributed by atoms with van der Waals surface area (Å²) in [6.07, 6.45) is 2.99. The molecule has 122 valence electrons. The molecule has 1 spiro atoms. The highest BCUT2D eigenvalue weighted by atomic mass is 16.1. The van der Waals surface area contributed by atoms with Crippen molar-refractivity contribution in [2.75, 3.05) is 19.6 Å². The third kappa shape index (κ3) is 2.55. The van der Waals surface area contributed by atoms with Crippen LogP contribution in [0.1, 0.15) is 36.1 Å². The number of H-pyrrole nitrogens is 1. The number of fused-ring (bicyclic) bond motifs is 1. The lowest BCUT2D eigenvalue weighted by Gasteiger charge is -2.38. The van der Waals surface area contributed by atoms with E-state index in [-0.39, 0.29) is 11.3 Å². The summed E-state index contributed by atoms with van der Waals surface area (Å²) in [5.74, 6) is 0.237. The Morgan fingerprint density at radius 2 is 2.00 bits per heavy atom. The molecular formula is C19H25N3O. The number of carbonyl (C=O) groups is 1. The predicted octanol–water partition coefficient (Wildman–Crippen LogP) is 2.89. The maximum absolute atomic E-state index is 11.5. The Hall–Kier alpha value is -1.81. The molecule has 0 aliphatic carbocycles. The van der Waals surface area contributed by atoms with E-state index in [1.54, 1.807) is 0 Å². The van der Waals surface area contributed by atoms with Crippen LogP contribution in [0.3, 0.4) is 0 Å². The minimum atomic E-state index is 0.235. The van der Waals surface area contributed by atoms with Crippen LogP contribution >= 0.6 is 0 Å². The van der Waals surface area contributed by atoms with Crippen LogP contribution in [0.25, 0.3) is 10.9 Å². The van der Waals surface area contributed by atoms with Crippen LogP contribution in [0.5, 0.6) is 0 Å². The molecule has 0 unspecified atom stereocenters. The van der Waals surface area contributed by atoms with Gasteiger partial charge in [-0.2, -0.15) is 0 Å². The minimum Gasteiger partial charge on any atom is -0.358 e. The van der Waals surface area contributed by atoms with E-state index in [0.717, 1.165) is 45.4 Å². The summed E-state index contributed by atoms with van der Waals surface area (Å²) in [5.41, 5.74) is 5.53. The molecule has 0 saturated carbocycles. The number of aromatic amines is 1. The monoisotopic (exact) mass is 311 g/mol. The first-order valence-corrected chi connectivity index (χ1v) is 8.62.